The molecule has 0 amide bonds. The first-order valence-electron chi connectivity index (χ1n) is 5.35. The number of rotatable bonds is 2. The summed E-state index contributed by atoms with van der Waals surface area (Å²) in [6.45, 7) is 3.32. The predicted octanol–water partition coefficient (Wildman–Crippen LogP) is 3.44. The second-order valence-corrected chi connectivity index (χ2v) is 8.41. The van der Waals surface area contributed by atoms with Gasteiger partial charge in [0.05, 0.1) is 0 Å². The first-order valence-corrected chi connectivity index (χ1v) is 8.39. The summed E-state index contributed by atoms with van der Waals surface area (Å²) in [7, 11) is 0. The molecular weight excluding hydrogens is 232 g/mol. The molecule has 0 saturated carbocycles. The van der Waals surface area contributed by atoms with Crippen LogP contribution in [-0.2, 0) is 4.74 Å². The number of hydrogen-bond acceptors (Lipinski definition) is 4. The molecule has 2 saturated heterocycles. The summed E-state index contributed by atoms with van der Waals surface area (Å²) < 4.78 is 6.55. The maximum atomic E-state index is 5.76. The van der Waals surface area contributed by atoms with E-state index < -0.39 is 0 Å². The third-order valence-corrected chi connectivity index (χ3v) is 6.63. The molecule has 0 N–H and O–H groups in total. The van der Waals surface area contributed by atoms with Crippen molar-refractivity contribution < 1.29 is 4.74 Å². The molecule has 0 aromatic carbocycles. The van der Waals surface area contributed by atoms with Crippen LogP contribution in [0.4, 0.5) is 0 Å². The Hall–Kier alpha value is 1.01. The lowest BCUT2D eigenvalue weighted by atomic mass is 10.2. The highest BCUT2D eigenvalue weighted by Gasteiger charge is 2.24. The van der Waals surface area contributed by atoms with Gasteiger partial charge in [0.15, 0.2) is 0 Å². The first-order chi connectivity index (χ1) is 6.84. The minimum Gasteiger partial charge on any atom is -0.368 e. The van der Waals surface area contributed by atoms with Crippen molar-refractivity contribution in [3.63, 3.8) is 0 Å². The highest BCUT2D eigenvalue weighted by Crippen LogP contribution is 2.39. The van der Waals surface area contributed by atoms with Crippen molar-refractivity contribution in [3.05, 3.63) is 0 Å². The fourth-order valence-corrected chi connectivity index (χ4v) is 6.09. The number of thioether (sulfide) groups is 3. The van der Waals surface area contributed by atoms with Crippen LogP contribution in [0.1, 0.15) is 26.2 Å². The van der Waals surface area contributed by atoms with Crippen LogP contribution in [0.25, 0.3) is 0 Å². The zero-order chi connectivity index (χ0) is 9.80. The first kappa shape index (κ1) is 11.5. The summed E-state index contributed by atoms with van der Waals surface area (Å²) in [5.74, 6) is 2.64. The Labute approximate surface area is 99.5 Å². The fourth-order valence-electron chi connectivity index (χ4n) is 1.80. The third-order valence-electron chi connectivity index (χ3n) is 2.53. The summed E-state index contributed by atoms with van der Waals surface area (Å²) >= 11 is 6.26. The SMILES string of the molecule is CC1SCCC(CC2OCCCS2)S1. The maximum Gasteiger partial charge on any atom is 0.104 e. The van der Waals surface area contributed by atoms with Crippen LogP contribution in [0.15, 0.2) is 0 Å². The summed E-state index contributed by atoms with van der Waals surface area (Å²) in [6.07, 6.45) is 3.88. The molecule has 2 aliphatic rings. The molecule has 0 spiro atoms. The molecule has 0 aromatic rings. The zero-order valence-electron chi connectivity index (χ0n) is 8.61. The van der Waals surface area contributed by atoms with E-state index in [1.165, 1.54) is 30.8 Å². The molecule has 2 rings (SSSR count). The van der Waals surface area contributed by atoms with Gasteiger partial charge in [0.1, 0.15) is 5.44 Å². The Morgan fingerprint density at radius 1 is 1.29 bits per heavy atom. The van der Waals surface area contributed by atoms with Crippen molar-refractivity contribution in [2.75, 3.05) is 18.1 Å². The van der Waals surface area contributed by atoms with Crippen LogP contribution < -0.4 is 0 Å². The second kappa shape index (κ2) is 5.92. The summed E-state index contributed by atoms with van der Waals surface area (Å²) in [5, 5.41) is 0.849. The van der Waals surface area contributed by atoms with E-state index in [1.54, 1.807) is 0 Å². The molecule has 14 heavy (non-hydrogen) atoms. The van der Waals surface area contributed by atoms with Crippen molar-refractivity contribution in [2.45, 2.75) is 41.5 Å². The van der Waals surface area contributed by atoms with Crippen molar-refractivity contribution in [2.24, 2.45) is 0 Å². The van der Waals surface area contributed by atoms with Crippen LogP contribution in [0, 0.1) is 0 Å². The molecule has 0 bridgehead atoms. The summed E-state index contributed by atoms with van der Waals surface area (Å²) in [5.41, 5.74) is 0.497. The summed E-state index contributed by atoms with van der Waals surface area (Å²) in [4.78, 5) is 0. The average Bonchev–Trinajstić information content (AvgIpc) is 2.19. The Bertz CT molecular complexity index is 171. The molecule has 0 radical (unpaired) electrons. The van der Waals surface area contributed by atoms with Crippen LogP contribution in [-0.4, -0.2) is 33.4 Å². The van der Waals surface area contributed by atoms with E-state index >= 15 is 0 Å². The highest BCUT2D eigenvalue weighted by atomic mass is 32.2. The van der Waals surface area contributed by atoms with E-state index in [0.29, 0.717) is 5.44 Å². The molecule has 0 aromatic heterocycles. The molecule has 3 unspecified atom stereocenters. The zero-order valence-corrected chi connectivity index (χ0v) is 11.1. The van der Waals surface area contributed by atoms with Gasteiger partial charge in [0.25, 0.3) is 0 Å². The predicted molar refractivity (Wildman–Crippen MR) is 69.3 cm³/mol. The topological polar surface area (TPSA) is 9.23 Å². The van der Waals surface area contributed by atoms with Crippen molar-refractivity contribution in [1.29, 1.82) is 0 Å². The van der Waals surface area contributed by atoms with Crippen molar-refractivity contribution in [1.82, 2.24) is 0 Å². The quantitative estimate of drug-likeness (QED) is 0.742. The van der Waals surface area contributed by atoms with Crippen molar-refractivity contribution >= 4 is 35.3 Å². The van der Waals surface area contributed by atoms with Crippen LogP contribution >= 0.6 is 35.3 Å². The van der Waals surface area contributed by atoms with E-state index in [0.717, 1.165) is 16.4 Å². The lowest BCUT2D eigenvalue weighted by Crippen LogP contribution is -2.24. The minimum atomic E-state index is 0.497. The lowest BCUT2D eigenvalue weighted by molar-refractivity contribution is 0.1000. The van der Waals surface area contributed by atoms with E-state index in [1.807, 2.05) is 11.8 Å². The lowest BCUT2D eigenvalue weighted by Gasteiger charge is -2.30. The molecule has 82 valence electrons. The Morgan fingerprint density at radius 2 is 2.21 bits per heavy atom. The van der Waals surface area contributed by atoms with Gasteiger partial charge in [-0.05, 0) is 37.7 Å². The standard InChI is InChI=1S/C10H18OS3/c1-8-12-6-3-9(14-8)7-10-11-4-2-5-13-10/h8-10H,2-7H2,1H3. The van der Waals surface area contributed by atoms with E-state index in [9.17, 15) is 0 Å². The normalized spacial score (nSPS) is 39.6. The minimum absolute atomic E-state index is 0.497. The molecule has 3 atom stereocenters. The van der Waals surface area contributed by atoms with Gasteiger partial charge < -0.3 is 4.74 Å². The van der Waals surface area contributed by atoms with Gasteiger partial charge in [-0.1, -0.05) is 0 Å². The number of hydrogen-bond donors (Lipinski definition) is 0. The molecule has 2 fully saturated rings. The fraction of sp³-hybridized carbons (Fsp3) is 1.00. The summed E-state index contributed by atoms with van der Waals surface area (Å²) in [6, 6.07) is 0. The molecule has 2 aliphatic heterocycles. The van der Waals surface area contributed by atoms with E-state index in [2.05, 4.69) is 30.4 Å². The van der Waals surface area contributed by atoms with Gasteiger partial charge >= 0.3 is 0 Å². The van der Waals surface area contributed by atoms with Gasteiger partial charge in [0, 0.05) is 16.4 Å². The smallest absolute Gasteiger partial charge is 0.104 e. The molecule has 2 heterocycles. The van der Waals surface area contributed by atoms with Crippen LogP contribution in [0.5, 0.6) is 0 Å². The van der Waals surface area contributed by atoms with Crippen LogP contribution in [0.3, 0.4) is 0 Å². The average molecular weight is 250 g/mol. The molecule has 0 aliphatic carbocycles. The Balaban J connectivity index is 1.72. The van der Waals surface area contributed by atoms with Gasteiger partial charge in [-0.3, -0.25) is 0 Å². The molecule has 1 nitrogen and oxygen atoms in total. The van der Waals surface area contributed by atoms with Gasteiger partial charge in [-0.2, -0.15) is 0 Å². The number of ether oxygens (including phenoxy) is 1. The van der Waals surface area contributed by atoms with Gasteiger partial charge in [-0.15, -0.1) is 35.3 Å². The Morgan fingerprint density at radius 3 is 2.93 bits per heavy atom. The van der Waals surface area contributed by atoms with Gasteiger partial charge in [-0.25, -0.2) is 0 Å². The monoisotopic (exact) mass is 250 g/mol. The largest absolute Gasteiger partial charge is 0.368 e. The van der Waals surface area contributed by atoms with Crippen LogP contribution in [0.2, 0.25) is 0 Å². The molecule has 4 heteroatoms. The highest BCUT2D eigenvalue weighted by molar-refractivity contribution is 8.17. The van der Waals surface area contributed by atoms with E-state index in [4.69, 9.17) is 4.74 Å². The van der Waals surface area contributed by atoms with E-state index in [-0.39, 0.29) is 0 Å². The third kappa shape index (κ3) is 3.54. The second-order valence-electron chi connectivity index (χ2n) is 3.75. The van der Waals surface area contributed by atoms with Gasteiger partial charge in [0.2, 0.25) is 0 Å². The Kier molecular flexibility index (Phi) is 4.86. The maximum absolute atomic E-state index is 5.76. The van der Waals surface area contributed by atoms with Crippen molar-refractivity contribution in [3.8, 4) is 0 Å². The molecular formula is C10H18OS3.